The number of hydrogen-bond donors (Lipinski definition) is 1. The minimum absolute atomic E-state index is 0.0861. The Bertz CT molecular complexity index is 856. The van der Waals surface area contributed by atoms with Gasteiger partial charge in [-0.3, -0.25) is 4.79 Å². The van der Waals surface area contributed by atoms with Crippen LogP contribution in [0.2, 0.25) is 0 Å². The number of hydrogen-bond acceptors (Lipinski definition) is 4. The highest BCUT2D eigenvalue weighted by Crippen LogP contribution is 2.26. The topological polar surface area (TPSA) is 51.2 Å². The molecule has 0 fully saturated rings. The van der Waals surface area contributed by atoms with Crippen molar-refractivity contribution in [2.24, 2.45) is 0 Å². The van der Waals surface area contributed by atoms with Crippen molar-refractivity contribution in [3.05, 3.63) is 70.7 Å². The molecule has 128 valence electrons. The molecule has 1 heterocycles. The van der Waals surface area contributed by atoms with Gasteiger partial charge in [0.15, 0.2) is 0 Å². The molecule has 3 aromatic rings. The minimum Gasteiger partial charge on any atom is -0.497 e. The first-order valence-electron chi connectivity index (χ1n) is 8.10. The number of ether oxygens (including phenoxy) is 1. The van der Waals surface area contributed by atoms with Gasteiger partial charge in [-0.05, 0) is 36.8 Å². The summed E-state index contributed by atoms with van der Waals surface area (Å²) in [5, 5.41) is 6.01. The molecule has 0 aliphatic carbocycles. The Hall–Kier alpha value is -2.66. The van der Waals surface area contributed by atoms with Crippen LogP contribution in [-0.2, 0) is 6.42 Å². The molecular weight excluding hydrogens is 332 g/mol. The summed E-state index contributed by atoms with van der Waals surface area (Å²) in [5.41, 5.74) is 4.01. The second kappa shape index (κ2) is 7.94. The van der Waals surface area contributed by atoms with E-state index in [-0.39, 0.29) is 5.91 Å². The van der Waals surface area contributed by atoms with Gasteiger partial charge in [0, 0.05) is 29.5 Å². The quantitative estimate of drug-likeness (QED) is 0.727. The molecule has 3 rings (SSSR count). The van der Waals surface area contributed by atoms with Crippen LogP contribution in [0.3, 0.4) is 0 Å². The van der Waals surface area contributed by atoms with Gasteiger partial charge in [0.05, 0.1) is 12.8 Å². The van der Waals surface area contributed by atoms with E-state index in [1.807, 2.05) is 12.1 Å². The standard InChI is InChI=1S/C20H20N2O2S/c1-14-5-3-4-6-18(14)20-22-16(13-25-20)11-12-21-19(23)15-7-9-17(24-2)10-8-15/h3-10,13H,11-12H2,1-2H3,(H,21,23). The predicted molar refractivity (Wildman–Crippen MR) is 101 cm³/mol. The number of rotatable bonds is 6. The average Bonchev–Trinajstić information content (AvgIpc) is 3.10. The van der Waals surface area contributed by atoms with Crippen molar-refractivity contribution in [2.45, 2.75) is 13.3 Å². The first-order chi connectivity index (χ1) is 12.2. The summed E-state index contributed by atoms with van der Waals surface area (Å²) in [6.45, 7) is 2.65. The minimum atomic E-state index is -0.0861. The third-order valence-electron chi connectivity index (χ3n) is 3.95. The zero-order valence-corrected chi connectivity index (χ0v) is 15.1. The fourth-order valence-electron chi connectivity index (χ4n) is 2.51. The summed E-state index contributed by atoms with van der Waals surface area (Å²) in [6, 6.07) is 15.3. The molecule has 5 heteroatoms. The fraction of sp³-hybridized carbons (Fsp3) is 0.200. The van der Waals surface area contributed by atoms with Gasteiger partial charge < -0.3 is 10.1 Å². The number of benzene rings is 2. The predicted octanol–water partition coefficient (Wildman–Crippen LogP) is 4.10. The highest BCUT2D eigenvalue weighted by atomic mass is 32.1. The Kier molecular flexibility index (Phi) is 5.46. The third-order valence-corrected chi connectivity index (χ3v) is 4.87. The molecule has 1 N–H and O–H groups in total. The molecule has 0 bridgehead atoms. The van der Waals surface area contributed by atoms with Gasteiger partial charge in [-0.2, -0.15) is 0 Å². The highest BCUT2D eigenvalue weighted by Gasteiger charge is 2.08. The number of carbonyl (C=O) groups is 1. The molecule has 25 heavy (non-hydrogen) atoms. The van der Waals surface area contributed by atoms with E-state index in [4.69, 9.17) is 4.74 Å². The van der Waals surface area contributed by atoms with Crippen molar-refractivity contribution in [1.29, 1.82) is 0 Å². The number of aromatic nitrogens is 1. The molecule has 0 atom stereocenters. The van der Waals surface area contributed by atoms with Crippen LogP contribution in [0, 0.1) is 6.92 Å². The Balaban J connectivity index is 1.55. The molecule has 4 nitrogen and oxygen atoms in total. The zero-order chi connectivity index (χ0) is 17.6. The van der Waals surface area contributed by atoms with Gasteiger partial charge in [0.1, 0.15) is 10.8 Å². The third kappa shape index (κ3) is 4.25. The van der Waals surface area contributed by atoms with E-state index in [2.05, 4.69) is 34.7 Å². The van der Waals surface area contributed by atoms with Crippen molar-refractivity contribution in [3.8, 4) is 16.3 Å². The van der Waals surface area contributed by atoms with Gasteiger partial charge >= 0.3 is 0 Å². The maximum atomic E-state index is 12.1. The Morgan fingerprint density at radius 1 is 1.16 bits per heavy atom. The van der Waals surface area contributed by atoms with Gasteiger partial charge in [-0.1, -0.05) is 24.3 Å². The monoisotopic (exact) mass is 352 g/mol. The van der Waals surface area contributed by atoms with Crippen molar-refractivity contribution < 1.29 is 9.53 Å². The summed E-state index contributed by atoms with van der Waals surface area (Å²) in [5.74, 6) is 0.653. The van der Waals surface area contributed by atoms with Crippen LogP contribution >= 0.6 is 11.3 Å². The molecule has 1 aromatic heterocycles. The fourth-order valence-corrected chi connectivity index (χ4v) is 3.45. The molecule has 0 aliphatic heterocycles. The Labute approximate surface area is 151 Å². The number of carbonyl (C=O) groups excluding carboxylic acids is 1. The van der Waals surface area contributed by atoms with Crippen LogP contribution < -0.4 is 10.1 Å². The molecule has 0 aliphatic rings. The lowest BCUT2D eigenvalue weighted by Gasteiger charge is -2.05. The van der Waals surface area contributed by atoms with Crippen LogP contribution in [0.15, 0.2) is 53.9 Å². The van der Waals surface area contributed by atoms with Crippen molar-refractivity contribution >= 4 is 17.2 Å². The van der Waals surface area contributed by atoms with Gasteiger partial charge in [0.25, 0.3) is 5.91 Å². The summed E-state index contributed by atoms with van der Waals surface area (Å²) in [6.07, 6.45) is 0.713. The Morgan fingerprint density at radius 3 is 2.64 bits per heavy atom. The number of aryl methyl sites for hydroxylation is 1. The van der Waals surface area contributed by atoms with Crippen LogP contribution in [0.1, 0.15) is 21.6 Å². The van der Waals surface area contributed by atoms with E-state index in [9.17, 15) is 4.79 Å². The van der Waals surface area contributed by atoms with Gasteiger partial charge in [-0.15, -0.1) is 11.3 Å². The molecule has 0 radical (unpaired) electrons. The van der Waals surface area contributed by atoms with Gasteiger partial charge in [-0.25, -0.2) is 4.98 Å². The molecular formula is C20H20N2O2S. The van der Waals surface area contributed by atoms with Crippen molar-refractivity contribution in [3.63, 3.8) is 0 Å². The first-order valence-corrected chi connectivity index (χ1v) is 8.98. The normalized spacial score (nSPS) is 10.5. The SMILES string of the molecule is COc1ccc(C(=O)NCCc2csc(-c3ccccc3C)n2)cc1. The number of nitrogens with zero attached hydrogens (tertiary/aromatic N) is 1. The summed E-state index contributed by atoms with van der Waals surface area (Å²) in [7, 11) is 1.61. The lowest BCUT2D eigenvalue weighted by molar-refractivity contribution is 0.0954. The van der Waals surface area contributed by atoms with Crippen LogP contribution in [-0.4, -0.2) is 24.5 Å². The van der Waals surface area contributed by atoms with E-state index in [1.54, 1.807) is 42.7 Å². The van der Waals surface area contributed by atoms with E-state index < -0.39 is 0 Å². The summed E-state index contributed by atoms with van der Waals surface area (Å²) < 4.78 is 5.10. The summed E-state index contributed by atoms with van der Waals surface area (Å²) in [4.78, 5) is 16.8. The second-order valence-corrected chi connectivity index (χ2v) is 6.55. The molecule has 0 saturated heterocycles. The largest absolute Gasteiger partial charge is 0.497 e. The average molecular weight is 352 g/mol. The van der Waals surface area contributed by atoms with Crippen LogP contribution in [0.5, 0.6) is 5.75 Å². The number of methoxy groups -OCH3 is 1. The maximum absolute atomic E-state index is 12.1. The van der Waals surface area contributed by atoms with Crippen molar-refractivity contribution in [1.82, 2.24) is 10.3 Å². The molecule has 1 amide bonds. The molecule has 0 spiro atoms. The van der Waals surface area contributed by atoms with E-state index in [0.29, 0.717) is 18.5 Å². The van der Waals surface area contributed by atoms with E-state index in [1.165, 1.54) is 11.1 Å². The number of thiazole rings is 1. The smallest absolute Gasteiger partial charge is 0.251 e. The van der Waals surface area contributed by atoms with E-state index >= 15 is 0 Å². The number of nitrogens with one attached hydrogen (secondary N) is 1. The maximum Gasteiger partial charge on any atom is 0.251 e. The summed E-state index contributed by atoms with van der Waals surface area (Å²) >= 11 is 1.64. The molecule has 2 aromatic carbocycles. The van der Waals surface area contributed by atoms with E-state index in [0.717, 1.165) is 16.5 Å². The van der Waals surface area contributed by atoms with Gasteiger partial charge in [0.2, 0.25) is 0 Å². The highest BCUT2D eigenvalue weighted by molar-refractivity contribution is 7.13. The lowest BCUT2D eigenvalue weighted by Crippen LogP contribution is -2.25. The first kappa shape index (κ1) is 17.2. The van der Waals surface area contributed by atoms with Crippen LogP contribution in [0.25, 0.3) is 10.6 Å². The molecule has 0 unspecified atom stereocenters. The second-order valence-electron chi connectivity index (χ2n) is 5.69. The molecule has 0 saturated carbocycles. The van der Waals surface area contributed by atoms with Crippen LogP contribution in [0.4, 0.5) is 0 Å². The lowest BCUT2D eigenvalue weighted by atomic mass is 10.1. The Morgan fingerprint density at radius 2 is 1.92 bits per heavy atom. The zero-order valence-electron chi connectivity index (χ0n) is 14.3. The van der Waals surface area contributed by atoms with Crippen molar-refractivity contribution in [2.75, 3.05) is 13.7 Å². The number of amides is 1.